The summed E-state index contributed by atoms with van der Waals surface area (Å²) >= 11 is 0. The molecule has 0 heterocycles. The molecule has 0 aromatic heterocycles. The Hall–Kier alpha value is -2.09. The van der Waals surface area contributed by atoms with Crippen molar-refractivity contribution >= 4 is 5.96 Å². The molecule has 0 spiro atoms. The summed E-state index contributed by atoms with van der Waals surface area (Å²) in [5.41, 5.74) is 0.707. The number of hydrogen-bond donors (Lipinski definition) is 2. The number of ether oxygens (including phenoxy) is 3. The molecule has 154 valence electrons. The molecule has 0 aliphatic rings. The fraction of sp³-hybridized carbons (Fsp3) is 0.632. The average molecular weight is 387 g/mol. The van der Waals surface area contributed by atoms with Crippen LogP contribution < -0.4 is 20.1 Å². The van der Waals surface area contributed by atoms with E-state index in [1.807, 2.05) is 6.92 Å². The van der Waals surface area contributed by atoms with Gasteiger partial charge in [-0.3, -0.25) is 0 Å². The lowest BCUT2D eigenvalue weighted by molar-refractivity contribution is -0.0512. The highest BCUT2D eigenvalue weighted by Gasteiger charge is 2.24. The zero-order valence-electron chi connectivity index (χ0n) is 16.9. The summed E-state index contributed by atoms with van der Waals surface area (Å²) in [7, 11) is 3.09. The molecule has 0 bridgehead atoms. The molecule has 0 fully saturated rings. The number of halogens is 2. The van der Waals surface area contributed by atoms with E-state index in [0.717, 1.165) is 5.56 Å². The summed E-state index contributed by atoms with van der Waals surface area (Å²) in [6, 6.07) is 4.85. The van der Waals surface area contributed by atoms with E-state index >= 15 is 0 Å². The van der Waals surface area contributed by atoms with E-state index in [0.29, 0.717) is 25.6 Å². The molecule has 6 nitrogen and oxygen atoms in total. The number of hydrogen-bond acceptors (Lipinski definition) is 4. The number of aliphatic imine (C=N–C) groups is 1. The van der Waals surface area contributed by atoms with Gasteiger partial charge in [0.1, 0.15) is 0 Å². The average Bonchev–Trinajstić information content (AvgIpc) is 2.58. The molecule has 0 aliphatic heterocycles. The number of nitrogens with zero attached hydrogens (tertiary/aromatic N) is 1. The zero-order valence-corrected chi connectivity index (χ0v) is 16.9. The fourth-order valence-electron chi connectivity index (χ4n) is 2.45. The van der Waals surface area contributed by atoms with Gasteiger partial charge in [-0.1, -0.05) is 26.8 Å². The van der Waals surface area contributed by atoms with Gasteiger partial charge in [-0.2, -0.15) is 8.78 Å². The van der Waals surface area contributed by atoms with Gasteiger partial charge in [-0.15, -0.1) is 0 Å². The van der Waals surface area contributed by atoms with Gasteiger partial charge < -0.3 is 24.8 Å². The molecule has 1 rings (SSSR count). The number of guanidine groups is 1. The van der Waals surface area contributed by atoms with E-state index in [4.69, 9.17) is 9.47 Å². The maximum atomic E-state index is 12.6. The van der Waals surface area contributed by atoms with Crippen LogP contribution in [-0.2, 0) is 11.3 Å². The van der Waals surface area contributed by atoms with Crippen molar-refractivity contribution < 1.29 is 23.0 Å². The van der Waals surface area contributed by atoms with E-state index in [1.165, 1.54) is 13.2 Å². The predicted molar refractivity (Wildman–Crippen MR) is 103 cm³/mol. The molecular weight excluding hydrogens is 356 g/mol. The minimum Gasteiger partial charge on any atom is -0.493 e. The largest absolute Gasteiger partial charge is 0.493 e. The third kappa shape index (κ3) is 7.99. The van der Waals surface area contributed by atoms with Crippen molar-refractivity contribution in [1.29, 1.82) is 0 Å². The van der Waals surface area contributed by atoms with Gasteiger partial charge in [0.05, 0.1) is 19.8 Å². The number of benzene rings is 1. The quantitative estimate of drug-likeness (QED) is 0.502. The predicted octanol–water partition coefficient (Wildman–Crippen LogP) is 3.41. The van der Waals surface area contributed by atoms with Gasteiger partial charge in [0.25, 0.3) is 0 Å². The Balaban J connectivity index is 2.85. The normalized spacial score (nSPS) is 13.4. The molecule has 0 aliphatic carbocycles. The molecule has 0 amide bonds. The van der Waals surface area contributed by atoms with Crippen molar-refractivity contribution in [2.75, 3.05) is 27.3 Å². The smallest absolute Gasteiger partial charge is 0.387 e. The lowest BCUT2D eigenvalue weighted by Crippen LogP contribution is -2.45. The SMILES string of the molecule is CCNC(=NCc1ccc(OC)c(OC(F)F)c1)NCC(OC)C(C)(C)C. The van der Waals surface area contributed by atoms with E-state index in [9.17, 15) is 8.78 Å². The van der Waals surface area contributed by atoms with Crippen molar-refractivity contribution in [3.05, 3.63) is 23.8 Å². The first-order chi connectivity index (χ1) is 12.7. The second-order valence-electron chi connectivity index (χ2n) is 7.03. The Kier molecular flexibility index (Phi) is 9.28. The van der Waals surface area contributed by atoms with Gasteiger partial charge in [0.2, 0.25) is 0 Å². The number of alkyl halides is 2. The number of rotatable bonds is 9. The van der Waals surface area contributed by atoms with Crippen LogP contribution in [0, 0.1) is 5.41 Å². The van der Waals surface area contributed by atoms with E-state index in [-0.39, 0.29) is 23.0 Å². The molecule has 1 atom stereocenters. The molecule has 1 aromatic carbocycles. The highest BCUT2D eigenvalue weighted by Crippen LogP contribution is 2.29. The van der Waals surface area contributed by atoms with Gasteiger partial charge in [-0.25, -0.2) is 4.99 Å². The Bertz CT molecular complexity index is 604. The molecule has 8 heteroatoms. The molecule has 1 unspecified atom stereocenters. The van der Waals surface area contributed by atoms with Crippen molar-refractivity contribution in [2.24, 2.45) is 10.4 Å². The zero-order chi connectivity index (χ0) is 20.4. The lowest BCUT2D eigenvalue weighted by atomic mass is 9.89. The summed E-state index contributed by atoms with van der Waals surface area (Å²) in [5.74, 6) is 0.863. The topological polar surface area (TPSA) is 64.1 Å². The standard InChI is InChI=1S/C19H31F2N3O3/c1-7-22-18(24-12-16(26-6)19(2,3)4)23-11-13-8-9-14(25-5)15(10-13)27-17(20)21/h8-10,16-17H,7,11-12H2,1-6H3,(H2,22,23,24). The van der Waals surface area contributed by atoms with Crippen molar-refractivity contribution in [1.82, 2.24) is 10.6 Å². The minimum absolute atomic E-state index is 0.00777. The van der Waals surface area contributed by atoms with Crippen molar-refractivity contribution in [3.63, 3.8) is 0 Å². The molecule has 27 heavy (non-hydrogen) atoms. The Morgan fingerprint density at radius 1 is 1.15 bits per heavy atom. The van der Waals surface area contributed by atoms with Crippen LogP contribution in [0.25, 0.3) is 0 Å². The summed E-state index contributed by atoms with van der Waals surface area (Å²) in [5, 5.41) is 6.42. The second kappa shape index (κ2) is 10.9. The van der Waals surface area contributed by atoms with E-state index < -0.39 is 6.61 Å². The Labute approximate surface area is 160 Å². The summed E-state index contributed by atoms with van der Waals surface area (Å²) in [6.07, 6.45) is 0.00777. The molecule has 0 radical (unpaired) electrons. The maximum Gasteiger partial charge on any atom is 0.387 e. The number of methoxy groups -OCH3 is 2. The van der Waals surface area contributed by atoms with Crippen LogP contribution >= 0.6 is 0 Å². The summed E-state index contributed by atoms with van der Waals surface area (Å²) in [6.45, 7) is 6.96. The van der Waals surface area contributed by atoms with Crippen LogP contribution in [0.15, 0.2) is 23.2 Å². The monoisotopic (exact) mass is 387 g/mol. The van der Waals surface area contributed by atoms with Crippen molar-refractivity contribution in [3.8, 4) is 11.5 Å². The van der Waals surface area contributed by atoms with Gasteiger partial charge in [-0.05, 0) is 30.0 Å². The summed E-state index contributed by atoms with van der Waals surface area (Å²) < 4.78 is 40.2. The maximum absolute atomic E-state index is 12.6. The third-order valence-electron chi connectivity index (χ3n) is 3.91. The van der Waals surface area contributed by atoms with Gasteiger partial charge in [0, 0.05) is 20.2 Å². The van der Waals surface area contributed by atoms with Crippen LogP contribution in [0.4, 0.5) is 8.78 Å². The van der Waals surface area contributed by atoms with Gasteiger partial charge in [0.15, 0.2) is 17.5 Å². The van der Waals surface area contributed by atoms with Gasteiger partial charge >= 0.3 is 6.61 Å². The minimum atomic E-state index is -2.92. The summed E-state index contributed by atoms with van der Waals surface area (Å²) in [4.78, 5) is 4.50. The Morgan fingerprint density at radius 2 is 1.85 bits per heavy atom. The second-order valence-corrected chi connectivity index (χ2v) is 7.03. The highest BCUT2D eigenvalue weighted by atomic mass is 19.3. The highest BCUT2D eigenvalue weighted by molar-refractivity contribution is 5.79. The molecule has 0 saturated carbocycles. The van der Waals surface area contributed by atoms with Crippen molar-refractivity contribution in [2.45, 2.75) is 47.0 Å². The molecule has 0 saturated heterocycles. The molecule has 1 aromatic rings. The lowest BCUT2D eigenvalue weighted by Gasteiger charge is -2.30. The van der Waals surface area contributed by atoms with E-state index in [2.05, 4.69) is 41.1 Å². The fourth-order valence-corrected chi connectivity index (χ4v) is 2.45. The third-order valence-corrected chi connectivity index (χ3v) is 3.91. The first-order valence-electron chi connectivity index (χ1n) is 8.88. The first kappa shape index (κ1) is 23.0. The molecule has 2 N–H and O–H groups in total. The number of nitrogens with one attached hydrogen (secondary N) is 2. The van der Waals surface area contributed by atoms with Crippen LogP contribution in [-0.4, -0.2) is 46.0 Å². The Morgan fingerprint density at radius 3 is 2.37 bits per heavy atom. The van der Waals surface area contributed by atoms with Crippen LogP contribution in [0.3, 0.4) is 0 Å². The van der Waals surface area contributed by atoms with Crippen LogP contribution in [0.2, 0.25) is 0 Å². The van der Waals surface area contributed by atoms with Crippen LogP contribution in [0.5, 0.6) is 11.5 Å². The molecular formula is C19H31F2N3O3. The van der Waals surface area contributed by atoms with Crippen LogP contribution in [0.1, 0.15) is 33.3 Å². The van der Waals surface area contributed by atoms with E-state index in [1.54, 1.807) is 19.2 Å². The first-order valence-corrected chi connectivity index (χ1v) is 8.88.